The average molecular weight is 205 g/mol. The fourth-order valence-corrected chi connectivity index (χ4v) is 0. The van der Waals surface area contributed by atoms with Crippen LogP contribution in [0, 0.1) is 0 Å². The molecular weight excluding hydrogens is 198 g/mol. The standard InChI is InChI=1S/C3H5ClO.C2H2Cl2O/c1-2-3(4)5;3-1-2(4)5/h2H2,1H3;1H2. The SMILES string of the molecule is CCC(=O)Cl.O=C(Cl)CCl. The fourth-order valence-electron chi connectivity index (χ4n) is 0. The lowest BCUT2D eigenvalue weighted by Crippen LogP contribution is -1.81. The highest BCUT2D eigenvalue weighted by Crippen LogP contribution is 1.81. The molecule has 0 aromatic rings. The van der Waals surface area contributed by atoms with Gasteiger partial charge in [0.1, 0.15) is 0 Å². The molecule has 0 saturated carbocycles. The maximum absolute atomic E-state index is 9.58. The summed E-state index contributed by atoms with van der Waals surface area (Å²) in [6.07, 6.45) is 0.432. The molecule has 0 bridgehead atoms. The summed E-state index contributed by atoms with van der Waals surface area (Å²) >= 11 is 14.4. The number of halogens is 3. The number of carbonyl (C=O) groups excluding carboxylic acids is 2. The molecule has 60 valence electrons. The lowest BCUT2D eigenvalue weighted by atomic mass is 10.6. The van der Waals surface area contributed by atoms with E-state index in [0.29, 0.717) is 6.42 Å². The zero-order valence-electron chi connectivity index (χ0n) is 5.36. The average Bonchev–Trinajstić information content (AvgIpc) is 1.89. The van der Waals surface area contributed by atoms with Gasteiger partial charge in [0, 0.05) is 6.42 Å². The molecule has 0 N–H and O–H groups in total. The molecule has 0 heterocycles. The molecule has 0 aromatic carbocycles. The van der Waals surface area contributed by atoms with Crippen LogP contribution in [0.5, 0.6) is 0 Å². The third-order valence-electron chi connectivity index (χ3n) is 0.383. The molecule has 0 aromatic heterocycles. The summed E-state index contributed by atoms with van der Waals surface area (Å²) in [5.41, 5.74) is 0. The van der Waals surface area contributed by atoms with Crippen molar-refractivity contribution in [3.8, 4) is 0 Å². The molecule has 0 radical (unpaired) electrons. The quantitative estimate of drug-likeness (QED) is 0.511. The van der Waals surface area contributed by atoms with Crippen molar-refractivity contribution in [2.75, 3.05) is 5.88 Å². The number of hydrogen-bond acceptors (Lipinski definition) is 2. The van der Waals surface area contributed by atoms with E-state index in [1.807, 2.05) is 0 Å². The summed E-state index contributed by atoms with van der Waals surface area (Å²) in [6, 6.07) is 0. The Hall–Kier alpha value is 0.210. The molecule has 0 aliphatic heterocycles. The molecule has 0 unspecified atom stereocenters. The lowest BCUT2D eigenvalue weighted by Gasteiger charge is -1.68. The van der Waals surface area contributed by atoms with Crippen LogP contribution in [0.2, 0.25) is 0 Å². The van der Waals surface area contributed by atoms with Crippen LogP contribution in [0.4, 0.5) is 0 Å². The molecule has 0 amide bonds. The fraction of sp³-hybridized carbons (Fsp3) is 0.600. The minimum Gasteiger partial charge on any atom is -0.281 e. The Kier molecular flexibility index (Phi) is 11.8. The van der Waals surface area contributed by atoms with Crippen molar-refractivity contribution in [1.29, 1.82) is 0 Å². The van der Waals surface area contributed by atoms with Gasteiger partial charge in [-0.3, -0.25) is 9.59 Å². The topological polar surface area (TPSA) is 34.1 Å². The van der Waals surface area contributed by atoms with Crippen molar-refractivity contribution in [3.05, 3.63) is 0 Å². The van der Waals surface area contributed by atoms with Crippen LogP contribution in [0.25, 0.3) is 0 Å². The van der Waals surface area contributed by atoms with Crippen LogP contribution in [0.3, 0.4) is 0 Å². The van der Waals surface area contributed by atoms with E-state index in [9.17, 15) is 9.59 Å². The van der Waals surface area contributed by atoms with Crippen molar-refractivity contribution in [1.82, 2.24) is 0 Å². The number of rotatable bonds is 2. The number of hydrogen-bond donors (Lipinski definition) is 0. The molecule has 0 saturated heterocycles. The Morgan fingerprint density at radius 3 is 1.40 bits per heavy atom. The van der Waals surface area contributed by atoms with Gasteiger partial charge in [-0.05, 0) is 23.2 Å². The summed E-state index contributed by atoms with van der Waals surface area (Å²) in [4.78, 5) is 19.0. The van der Waals surface area contributed by atoms with Crippen LogP contribution < -0.4 is 0 Å². The van der Waals surface area contributed by atoms with Crippen molar-refractivity contribution in [3.63, 3.8) is 0 Å². The first-order valence-corrected chi connectivity index (χ1v) is 3.76. The first-order chi connectivity index (χ1) is 4.54. The van der Waals surface area contributed by atoms with Crippen molar-refractivity contribution >= 4 is 45.3 Å². The zero-order valence-corrected chi connectivity index (χ0v) is 7.63. The first kappa shape index (κ1) is 12.8. The molecule has 0 fully saturated rings. The molecule has 10 heavy (non-hydrogen) atoms. The third kappa shape index (κ3) is 24.1. The summed E-state index contributed by atoms with van der Waals surface area (Å²) < 4.78 is 0. The van der Waals surface area contributed by atoms with Gasteiger partial charge in [0.2, 0.25) is 10.5 Å². The van der Waals surface area contributed by atoms with Crippen LogP contribution in [-0.4, -0.2) is 16.4 Å². The third-order valence-corrected chi connectivity index (χ3v) is 1.16. The van der Waals surface area contributed by atoms with Crippen molar-refractivity contribution in [2.24, 2.45) is 0 Å². The first-order valence-electron chi connectivity index (χ1n) is 2.47. The van der Waals surface area contributed by atoms with E-state index in [1.165, 1.54) is 0 Å². The molecular formula is C5H7Cl3O2. The van der Waals surface area contributed by atoms with E-state index < -0.39 is 5.24 Å². The summed E-state index contributed by atoms with van der Waals surface area (Å²) in [6.45, 7) is 1.72. The van der Waals surface area contributed by atoms with E-state index in [-0.39, 0.29) is 11.1 Å². The van der Waals surface area contributed by atoms with E-state index in [1.54, 1.807) is 6.92 Å². The predicted molar refractivity (Wildman–Crippen MR) is 42.7 cm³/mol. The van der Waals surface area contributed by atoms with Crippen molar-refractivity contribution < 1.29 is 9.59 Å². The smallest absolute Gasteiger partial charge is 0.236 e. The highest BCUT2D eigenvalue weighted by atomic mass is 35.5. The van der Waals surface area contributed by atoms with Gasteiger partial charge in [-0.25, -0.2) is 0 Å². The van der Waals surface area contributed by atoms with E-state index in [0.717, 1.165) is 0 Å². The Balaban J connectivity index is 0. The normalized spacial score (nSPS) is 7.60. The Morgan fingerprint density at radius 2 is 1.40 bits per heavy atom. The second-order valence-electron chi connectivity index (χ2n) is 1.20. The summed E-state index contributed by atoms with van der Waals surface area (Å²) in [7, 11) is 0. The summed E-state index contributed by atoms with van der Waals surface area (Å²) in [5.74, 6) is -0.0957. The molecule has 0 aliphatic rings. The maximum Gasteiger partial charge on any atom is 0.236 e. The summed E-state index contributed by atoms with van der Waals surface area (Å²) in [5, 5.41) is -0.781. The second kappa shape index (κ2) is 9.21. The Morgan fingerprint density at radius 1 is 1.20 bits per heavy atom. The van der Waals surface area contributed by atoms with Gasteiger partial charge in [0.15, 0.2) is 0 Å². The van der Waals surface area contributed by atoms with Crippen LogP contribution in [0.15, 0.2) is 0 Å². The van der Waals surface area contributed by atoms with Crippen molar-refractivity contribution in [2.45, 2.75) is 13.3 Å². The zero-order chi connectivity index (χ0) is 8.57. The van der Waals surface area contributed by atoms with Crippen LogP contribution in [0.1, 0.15) is 13.3 Å². The van der Waals surface area contributed by atoms with Gasteiger partial charge < -0.3 is 0 Å². The van der Waals surface area contributed by atoms with E-state index in [2.05, 4.69) is 0 Å². The van der Waals surface area contributed by atoms with Crippen LogP contribution in [-0.2, 0) is 9.59 Å². The van der Waals surface area contributed by atoms with Gasteiger partial charge in [0.25, 0.3) is 0 Å². The predicted octanol–water partition coefficient (Wildman–Crippen LogP) is 2.15. The Bertz CT molecular complexity index is 99.5. The molecule has 0 aliphatic carbocycles. The molecule has 2 nitrogen and oxygen atoms in total. The lowest BCUT2D eigenvalue weighted by molar-refractivity contribution is -0.111. The minimum absolute atomic E-state index is 0.0957. The van der Waals surface area contributed by atoms with E-state index in [4.69, 9.17) is 34.8 Å². The largest absolute Gasteiger partial charge is 0.281 e. The molecule has 5 heteroatoms. The van der Waals surface area contributed by atoms with Gasteiger partial charge >= 0.3 is 0 Å². The van der Waals surface area contributed by atoms with Gasteiger partial charge in [-0.15, -0.1) is 11.6 Å². The second-order valence-corrected chi connectivity index (χ2v) is 2.31. The Labute approximate surface area is 74.4 Å². The molecule has 0 atom stereocenters. The van der Waals surface area contributed by atoms with Gasteiger partial charge in [0.05, 0.1) is 5.88 Å². The van der Waals surface area contributed by atoms with Gasteiger partial charge in [-0.1, -0.05) is 6.92 Å². The van der Waals surface area contributed by atoms with E-state index >= 15 is 0 Å². The molecule has 0 spiro atoms. The monoisotopic (exact) mass is 204 g/mol. The maximum atomic E-state index is 9.58. The van der Waals surface area contributed by atoms with Crippen LogP contribution >= 0.6 is 34.8 Å². The number of alkyl halides is 1. The number of carbonyl (C=O) groups is 2. The highest BCUT2D eigenvalue weighted by Gasteiger charge is 1.83. The van der Waals surface area contributed by atoms with Gasteiger partial charge in [-0.2, -0.15) is 0 Å². The molecule has 0 rings (SSSR count). The highest BCUT2D eigenvalue weighted by molar-refractivity contribution is 6.67. The minimum atomic E-state index is -0.508.